The van der Waals surface area contributed by atoms with Gasteiger partial charge in [-0.2, -0.15) is 0 Å². The number of hydrogen-bond donors (Lipinski definition) is 2. The number of aliphatic imine (C=N–C) groups is 1. The lowest BCUT2D eigenvalue weighted by Crippen LogP contribution is -2.46. The number of halogens is 1. The predicted octanol–water partition coefficient (Wildman–Crippen LogP) is 3.89. The van der Waals surface area contributed by atoms with Gasteiger partial charge >= 0.3 is 0 Å². The van der Waals surface area contributed by atoms with Gasteiger partial charge in [-0.3, -0.25) is 9.89 Å². The zero-order valence-corrected chi connectivity index (χ0v) is 22.0. The lowest BCUT2D eigenvalue weighted by atomic mass is 10.1. The first-order chi connectivity index (χ1) is 15.2. The van der Waals surface area contributed by atoms with E-state index in [-0.39, 0.29) is 24.0 Å². The Hall–Kier alpha value is -2.00. The number of nitrogens with zero attached hydrogens (tertiary/aromatic N) is 3. The van der Waals surface area contributed by atoms with E-state index in [1.807, 2.05) is 7.05 Å². The van der Waals surface area contributed by atoms with Crippen LogP contribution in [-0.2, 0) is 6.54 Å². The first-order valence-corrected chi connectivity index (χ1v) is 11.3. The second-order valence-corrected chi connectivity index (χ2v) is 8.04. The van der Waals surface area contributed by atoms with E-state index in [1.54, 1.807) is 7.11 Å². The molecule has 0 aliphatic carbocycles. The standard InChI is InChI=1S/C25H37N5O.HI/c1-21-11-12-22(24(19-21)31-3)20-28-25(26-2)27-13-7-8-14-29-15-17-30(18-16-29)23-9-5-4-6-10-23;/h4-6,9-12,19H,7-8,13-18,20H2,1-3H3,(H2,26,27,28);1H. The smallest absolute Gasteiger partial charge is 0.191 e. The Labute approximate surface area is 210 Å². The number of para-hydroxylation sites is 1. The summed E-state index contributed by atoms with van der Waals surface area (Å²) in [5, 5.41) is 6.81. The Kier molecular flexibility index (Phi) is 11.7. The van der Waals surface area contributed by atoms with Crippen LogP contribution in [0.15, 0.2) is 53.5 Å². The van der Waals surface area contributed by atoms with Crippen molar-refractivity contribution in [2.45, 2.75) is 26.3 Å². The largest absolute Gasteiger partial charge is 0.496 e. The zero-order valence-electron chi connectivity index (χ0n) is 19.6. The van der Waals surface area contributed by atoms with Gasteiger partial charge in [0, 0.05) is 57.6 Å². The van der Waals surface area contributed by atoms with E-state index < -0.39 is 0 Å². The number of hydrogen-bond acceptors (Lipinski definition) is 4. The molecule has 0 spiro atoms. The van der Waals surface area contributed by atoms with Crippen molar-refractivity contribution in [1.82, 2.24) is 15.5 Å². The molecule has 176 valence electrons. The van der Waals surface area contributed by atoms with E-state index >= 15 is 0 Å². The fourth-order valence-electron chi connectivity index (χ4n) is 3.93. The Balaban J connectivity index is 0.00000363. The lowest BCUT2D eigenvalue weighted by Gasteiger charge is -2.36. The SMILES string of the molecule is CN=C(NCCCCN1CCN(c2ccccc2)CC1)NCc1ccc(C)cc1OC.I. The molecule has 1 saturated heterocycles. The highest BCUT2D eigenvalue weighted by Crippen LogP contribution is 2.19. The normalized spacial score (nSPS) is 14.6. The summed E-state index contributed by atoms with van der Waals surface area (Å²) in [7, 11) is 3.53. The van der Waals surface area contributed by atoms with Gasteiger partial charge in [0.1, 0.15) is 5.75 Å². The fourth-order valence-corrected chi connectivity index (χ4v) is 3.93. The summed E-state index contributed by atoms with van der Waals surface area (Å²) in [6.45, 7) is 9.36. The van der Waals surface area contributed by atoms with E-state index in [0.717, 1.165) is 63.0 Å². The maximum Gasteiger partial charge on any atom is 0.191 e. The van der Waals surface area contributed by atoms with E-state index in [4.69, 9.17) is 4.74 Å². The molecule has 32 heavy (non-hydrogen) atoms. The van der Waals surface area contributed by atoms with Crippen molar-refractivity contribution >= 4 is 35.6 Å². The van der Waals surface area contributed by atoms with Crippen LogP contribution in [0.25, 0.3) is 0 Å². The number of methoxy groups -OCH3 is 1. The number of ether oxygens (including phenoxy) is 1. The van der Waals surface area contributed by atoms with Gasteiger partial charge in [0.15, 0.2) is 5.96 Å². The monoisotopic (exact) mass is 551 g/mol. The first-order valence-electron chi connectivity index (χ1n) is 11.3. The van der Waals surface area contributed by atoms with Gasteiger partial charge in [-0.1, -0.05) is 30.3 Å². The number of piperazine rings is 1. The molecular weight excluding hydrogens is 513 g/mol. The minimum atomic E-state index is 0. The number of anilines is 1. The minimum Gasteiger partial charge on any atom is -0.496 e. The molecule has 0 amide bonds. The van der Waals surface area contributed by atoms with Gasteiger partial charge in [-0.25, -0.2) is 0 Å². The third-order valence-electron chi connectivity index (χ3n) is 5.80. The Morgan fingerprint density at radius 3 is 2.44 bits per heavy atom. The van der Waals surface area contributed by atoms with Crippen LogP contribution in [0.5, 0.6) is 5.75 Å². The Morgan fingerprint density at radius 2 is 1.75 bits per heavy atom. The molecule has 1 fully saturated rings. The highest BCUT2D eigenvalue weighted by atomic mass is 127. The number of benzene rings is 2. The summed E-state index contributed by atoms with van der Waals surface area (Å²) in [6, 6.07) is 17.0. The van der Waals surface area contributed by atoms with Gasteiger partial charge in [-0.05, 0) is 50.1 Å². The number of unbranched alkanes of at least 4 members (excludes halogenated alkanes) is 1. The zero-order chi connectivity index (χ0) is 21.9. The van der Waals surface area contributed by atoms with Crippen LogP contribution in [0, 0.1) is 6.92 Å². The maximum absolute atomic E-state index is 5.49. The van der Waals surface area contributed by atoms with Crippen LogP contribution in [0.1, 0.15) is 24.0 Å². The molecule has 1 aliphatic rings. The van der Waals surface area contributed by atoms with Crippen LogP contribution in [0.2, 0.25) is 0 Å². The Bertz CT molecular complexity index is 822. The molecule has 7 heteroatoms. The maximum atomic E-state index is 5.49. The second kappa shape index (κ2) is 14.2. The summed E-state index contributed by atoms with van der Waals surface area (Å²) in [5.74, 6) is 1.74. The van der Waals surface area contributed by atoms with Gasteiger partial charge < -0.3 is 20.3 Å². The number of guanidine groups is 1. The predicted molar refractivity (Wildman–Crippen MR) is 146 cm³/mol. The quantitative estimate of drug-likeness (QED) is 0.215. The minimum absolute atomic E-state index is 0. The lowest BCUT2D eigenvalue weighted by molar-refractivity contribution is 0.253. The van der Waals surface area contributed by atoms with Crippen LogP contribution in [0.3, 0.4) is 0 Å². The van der Waals surface area contributed by atoms with Gasteiger partial charge in [0.05, 0.1) is 7.11 Å². The summed E-state index contributed by atoms with van der Waals surface area (Å²) in [4.78, 5) is 9.40. The van der Waals surface area contributed by atoms with Gasteiger partial charge in [0.2, 0.25) is 0 Å². The fraction of sp³-hybridized carbons (Fsp3) is 0.480. The Morgan fingerprint density at radius 1 is 1.00 bits per heavy atom. The molecule has 2 aromatic rings. The highest BCUT2D eigenvalue weighted by molar-refractivity contribution is 14.0. The average molecular weight is 552 g/mol. The van der Waals surface area contributed by atoms with Crippen molar-refractivity contribution in [1.29, 1.82) is 0 Å². The van der Waals surface area contributed by atoms with Crippen molar-refractivity contribution in [3.63, 3.8) is 0 Å². The molecule has 1 aliphatic heterocycles. The van der Waals surface area contributed by atoms with Crippen LogP contribution >= 0.6 is 24.0 Å². The molecule has 0 aromatic heterocycles. The molecule has 2 aromatic carbocycles. The van der Waals surface area contributed by atoms with Crippen molar-refractivity contribution in [2.24, 2.45) is 4.99 Å². The second-order valence-electron chi connectivity index (χ2n) is 8.04. The molecule has 3 rings (SSSR count). The van der Waals surface area contributed by atoms with Gasteiger partial charge in [0.25, 0.3) is 0 Å². The van der Waals surface area contributed by atoms with Crippen LogP contribution in [-0.4, -0.2) is 64.3 Å². The molecule has 0 bridgehead atoms. The highest BCUT2D eigenvalue weighted by Gasteiger charge is 2.16. The molecule has 0 radical (unpaired) electrons. The summed E-state index contributed by atoms with van der Waals surface area (Å²) >= 11 is 0. The van der Waals surface area contributed by atoms with Crippen molar-refractivity contribution in [2.75, 3.05) is 58.3 Å². The van der Waals surface area contributed by atoms with E-state index in [1.165, 1.54) is 17.7 Å². The molecule has 6 nitrogen and oxygen atoms in total. The van der Waals surface area contributed by atoms with Crippen molar-refractivity contribution in [3.05, 3.63) is 59.7 Å². The summed E-state index contributed by atoms with van der Waals surface area (Å²) in [6.07, 6.45) is 2.33. The topological polar surface area (TPSA) is 52.1 Å². The summed E-state index contributed by atoms with van der Waals surface area (Å²) in [5.41, 5.74) is 3.67. The number of aryl methyl sites for hydroxylation is 1. The first kappa shape index (κ1) is 26.3. The molecule has 0 atom stereocenters. The molecule has 2 N–H and O–H groups in total. The van der Waals surface area contributed by atoms with E-state index in [0.29, 0.717) is 6.54 Å². The van der Waals surface area contributed by atoms with Crippen molar-refractivity contribution in [3.8, 4) is 5.75 Å². The molecule has 1 heterocycles. The third-order valence-corrected chi connectivity index (χ3v) is 5.80. The average Bonchev–Trinajstić information content (AvgIpc) is 2.82. The molecular formula is C25H38IN5O. The van der Waals surface area contributed by atoms with Crippen LogP contribution < -0.4 is 20.3 Å². The van der Waals surface area contributed by atoms with E-state index in [9.17, 15) is 0 Å². The molecule has 0 saturated carbocycles. The number of rotatable bonds is 9. The van der Waals surface area contributed by atoms with Crippen LogP contribution in [0.4, 0.5) is 5.69 Å². The van der Waals surface area contributed by atoms with E-state index in [2.05, 4.69) is 80.9 Å². The molecule has 0 unspecified atom stereocenters. The van der Waals surface area contributed by atoms with Crippen molar-refractivity contribution < 1.29 is 4.74 Å². The number of nitrogens with one attached hydrogen (secondary N) is 2. The summed E-state index contributed by atoms with van der Waals surface area (Å²) < 4.78 is 5.49. The van der Waals surface area contributed by atoms with Gasteiger partial charge in [-0.15, -0.1) is 24.0 Å². The third kappa shape index (κ3) is 8.16.